The molecule has 0 aliphatic rings. The van der Waals surface area contributed by atoms with Crippen molar-refractivity contribution in [3.63, 3.8) is 0 Å². The topological polar surface area (TPSA) is 55.4 Å². The number of sulfone groups is 1. The van der Waals surface area contributed by atoms with E-state index >= 15 is 0 Å². The Morgan fingerprint density at radius 3 is 2.69 bits per heavy atom. The third kappa shape index (κ3) is 4.06. The fourth-order valence-electron chi connectivity index (χ4n) is 1.14. The predicted octanol–water partition coefficient (Wildman–Crippen LogP) is 1.29. The first-order valence-corrected chi connectivity index (χ1v) is 6.73. The second kappa shape index (κ2) is 5.16. The Bertz CT molecular complexity index is 459. The molecule has 0 fully saturated rings. The molecule has 90 valence electrons. The van der Waals surface area contributed by atoms with E-state index < -0.39 is 15.7 Å². The van der Waals surface area contributed by atoms with Gasteiger partial charge in [-0.1, -0.05) is 0 Å². The summed E-state index contributed by atoms with van der Waals surface area (Å²) in [4.78, 5) is 0. The van der Waals surface area contributed by atoms with Crippen molar-refractivity contribution in [1.29, 1.82) is 0 Å². The van der Waals surface area contributed by atoms with Crippen LogP contribution in [0.2, 0.25) is 0 Å². The number of ether oxygens (including phenoxy) is 1. The average molecular weight is 247 g/mol. The zero-order valence-electron chi connectivity index (χ0n) is 9.16. The summed E-state index contributed by atoms with van der Waals surface area (Å²) in [5, 5.41) is 2.71. The molecule has 0 saturated heterocycles. The van der Waals surface area contributed by atoms with Crippen LogP contribution in [0.1, 0.15) is 0 Å². The van der Waals surface area contributed by atoms with Gasteiger partial charge in [0.05, 0.1) is 18.6 Å². The summed E-state index contributed by atoms with van der Waals surface area (Å²) >= 11 is 0. The first kappa shape index (κ1) is 12.8. The van der Waals surface area contributed by atoms with Crippen molar-refractivity contribution in [3.05, 3.63) is 24.0 Å². The molecule has 1 N–H and O–H groups in total. The molecular weight excluding hydrogens is 233 g/mol. The minimum atomic E-state index is -3.04. The summed E-state index contributed by atoms with van der Waals surface area (Å²) in [6.45, 7) is 0.170. The number of benzene rings is 1. The highest BCUT2D eigenvalue weighted by molar-refractivity contribution is 7.90. The van der Waals surface area contributed by atoms with Gasteiger partial charge in [-0.15, -0.1) is 0 Å². The first-order valence-electron chi connectivity index (χ1n) is 4.67. The van der Waals surface area contributed by atoms with Crippen molar-refractivity contribution in [2.24, 2.45) is 0 Å². The quantitative estimate of drug-likeness (QED) is 0.852. The van der Waals surface area contributed by atoms with Gasteiger partial charge in [-0.25, -0.2) is 12.8 Å². The lowest BCUT2D eigenvalue weighted by atomic mass is 10.3. The second-order valence-corrected chi connectivity index (χ2v) is 5.66. The molecule has 0 aromatic heterocycles. The second-order valence-electron chi connectivity index (χ2n) is 3.40. The van der Waals surface area contributed by atoms with Crippen molar-refractivity contribution in [3.8, 4) is 5.75 Å². The summed E-state index contributed by atoms with van der Waals surface area (Å²) in [6.07, 6.45) is 1.14. The summed E-state index contributed by atoms with van der Waals surface area (Å²) in [6, 6.07) is 4.25. The van der Waals surface area contributed by atoms with Crippen LogP contribution in [0, 0.1) is 5.82 Å². The van der Waals surface area contributed by atoms with E-state index in [0.29, 0.717) is 5.75 Å². The summed E-state index contributed by atoms with van der Waals surface area (Å²) < 4.78 is 39.9. The van der Waals surface area contributed by atoms with Gasteiger partial charge in [0, 0.05) is 18.9 Å². The molecule has 1 aromatic rings. The van der Waals surface area contributed by atoms with Crippen LogP contribution in [0.4, 0.5) is 10.1 Å². The summed E-state index contributed by atoms with van der Waals surface area (Å²) in [7, 11) is -1.56. The molecule has 0 atom stereocenters. The monoisotopic (exact) mass is 247 g/mol. The molecular formula is C10H14FNO3S. The maximum atomic E-state index is 13.3. The first-order chi connectivity index (χ1) is 7.42. The molecule has 0 aliphatic heterocycles. The number of nitrogens with one attached hydrogen (secondary N) is 1. The van der Waals surface area contributed by atoms with Crippen molar-refractivity contribution >= 4 is 15.5 Å². The molecule has 0 radical (unpaired) electrons. The lowest BCUT2D eigenvalue weighted by Gasteiger charge is -2.08. The lowest BCUT2D eigenvalue weighted by Crippen LogP contribution is -2.14. The van der Waals surface area contributed by atoms with E-state index in [-0.39, 0.29) is 18.0 Å². The molecule has 6 heteroatoms. The molecule has 0 unspecified atom stereocenters. The predicted molar refractivity (Wildman–Crippen MR) is 61.2 cm³/mol. The zero-order chi connectivity index (χ0) is 12.2. The number of methoxy groups -OCH3 is 1. The standard InChI is InChI=1S/C10H14FNO3S/c1-15-8-3-4-9(11)10(7-8)12-5-6-16(2,13)14/h3-4,7,12H,5-6H2,1-2H3. The van der Waals surface area contributed by atoms with Gasteiger partial charge in [-0.05, 0) is 12.1 Å². The van der Waals surface area contributed by atoms with Crippen molar-refractivity contribution in [1.82, 2.24) is 0 Å². The normalized spacial score (nSPS) is 11.2. The summed E-state index contributed by atoms with van der Waals surface area (Å²) in [5.41, 5.74) is 0.239. The smallest absolute Gasteiger partial charge is 0.149 e. The summed E-state index contributed by atoms with van der Waals surface area (Å²) in [5.74, 6) is 0.0430. The Morgan fingerprint density at radius 1 is 1.44 bits per heavy atom. The third-order valence-corrected chi connectivity index (χ3v) is 2.91. The molecule has 0 amide bonds. The van der Waals surface area contributed by atoms with Crippen LogP contribution >= 0.6 is 0 Å². The SMILES string of the molecule is COc1ccc(F)c(NCCS(C)(=O)=O)c1. The number of hydrogen-bond donors (Lipinski definition) is 1. The van der Waals surface area contributed by atoms with Crippen molar-refractivity contribution < 1.29 is 17.5 Å². The number of rotatable bonds is 5. The lowest BCUT2D eigenvalue weighted by molar-refractivity contribution is 0.414. The van der Waals surface area contributed by atoms with Gasteiger partial charge in [0.1, 0.15) is 21.4 Å². The van der Waals surface area contributed by atoms with Crippen molar-refractivity contribution in [2.75, 3.05) is 31.0 Å². The highest BCUT2D eigenvalue weighted by Crippen LogP contribution is 2.20. The highest BCUT2D eigenvalue weighted by atomic mass is 32.2. The van der Waals surface area contributed by atoms with Crippen LogP contribution < -0.4 is 10.1 Å². The Labute approximate surface area is 94.3 Å². The van der Waals surface area contributed by atoms with Crippen molar-refractivity contribution in [2.45, 2.75) is 0 Å². The minimum absolute atomic E-state index is 0.0380. The van der Waals surface area contributed by atoms with E-state index in [0.717, 1.165) is 6.26 Å². The molecule has 0 spiro atoms. The molecule has 16 heavy (non-hydrogen) atoms. The maximum Gasteiger partial charge on any atom is 0.149 e. The van der Waals surface area contributed by atoms with Gasteiger partial charge in [-0.2, -0.15) is 0 Å². The van der Waals surface area contributed by atoms with Crippen LogP contribution in [-0.2, 0) is 9.84 Å². The van der Waals surface area contributed by atoms with Gasteiger partial charge in [0.15, 0.2) is 0 Å². The Kier molecular flexibility index (Phi) is 4.12. The molecule has 0 aliphatic carbocycles. The van der Waals surface area contributed by atoms with Crippen LogP contribution in [0.5, 0.6) is 5.75 Å². The van der Waals surface area contributed by atoms with Crippen LogP contribution in [0.3, 0.4) is 0 Å². The number of halogens is 1. The minimum Gasteiger partial charge on any atom is -0.497 e. The highest BCUT2D eigenvalue weighted by Gasteiger charge is 2.05. The zero-order valence-corrected chi connectivity index (χ0v) is 9.97. The molecule has 0 heterocycles. The Hall–Kier alpha value is -1.30. The van der Waals surface area contributed by atoms with Crippen LogP contribution in [0.15, 0.2) is 18.2 Å². The van der Waals surface area contributed by atoms with E-state index in [2.05, 4.69) is 5.32 Å². The molecule has 4 nitrogen and oxygen atoms in total. The van der Waals surface area contributed by atoms with E-state index in [9.17, 15) is 12.8 Å². The van der Waals surface area contributed by atoms with Gasteiger partial charge < -0.3 is 10.1 Å². The molecule has 1 aromatic carbocycles. The van der Waals surface area contributed by atoms with Crippen LogP contribution in [0.25, 0.3) is 0 Å². The van der Waals surface area contributed by atoms with E-state index in [4.69, 9.17) is 4.74 Å². The fraction of sp³-hybridized carbons (Fsp3) is 0.400. The average Bonchev–Trinajstić information content (AvgIpc) is 2.19. The molecule has 0 saturated carbocycles. The molecule has 0 bridgehead atoms. The number of anilines is 1. The largest absolute Gasteiger partial charge is 0.497 e. The maximum absolute atomic E-state index is 13.3. The fourth-order valence-corrected chi connectivity index (χ4v) is 1.61. The van der Waals surface area contributed by atoms with E-state index in [1.54, 1.807) is 0 Å². The van der Waals surface area contributed by atoms with Gasteiger partial charge in [0.2, 0.25) is 0 Å². The Balaban J connectivity index is 2.66. The van der Waals surface area contributed by atoms with E-state index in [1.807, 2.05) is 0 Å². The van der Waals surface area contributed by atoms with Crippen LogP contribution in [-0.4, -0.2) is 34.1 Å². The third-order valence-electron chi connectivity index (χ3n) is 1.96. The molecule has 1 rings (SSSR count). The van der Waals surface area contributed by atoms with Gasteiger partial charge in [-0.3, -0.25) is 0 Å². The van der Waals surface area contributed by atoms with Gasteiger partial charge in [0.25, 0.3) is 0 Å². The number of hydrogen-bond acceptors (Lipinski definition) is 4. The Morgan fingerprint density at radius 2 is 2.12 bits per heavy atom. The van der Waals surface area contributed by atoms with E-state index in [1.165, 1.54) is 25.3 Å². The van der Waals surface area contributed by atoms with Gasteiger partial charge >= 0.3 is 0 Å².